The van der Waals surface area contributed by atoms with Crippen molar-refractivity contribution >= 4 is 22.9 Å². The Morgan fingerprint density at radius 2 is 2.00 bits per heavy atom. The third-order valence-corrected chi connectivity index (χ3v) is 4.46. The SMILES string of the molecule is CCNC(Cc1ccc(Cl)s1)C(C)C(C)C. The molecule has 1 nitrogen and oxygen atoms in total. The van der Waals surface area contributed by atoms with E-state index in [0.29, 0.717) is 17.9 Å². The molecule has 16 heavy (non-hydrogen) atoms. The molecule has 3 heteroatoms. The lowest BCUT2D eigenvalue weighted by Gasteiger charge is -2.27. The molecule has 0 aliphatic heterocycles. The second-order valence-electron chi connectivity index (χ2n) is 4.68. The summed E-state index contributed by atoms with van der Waals surface area (Å²) in [7, 11) is 0. The van der Waals surface area contributed by atoms with Crippen molar-refractivity contribution in [3.05, 3.63) is 21.3 Å². The maximum atomic E-state index is 5.96. The van der Waals surface area contributed by atoms with Gasteiger partial charge in [0.05, 0.1) is 4.34 Å². The quantitative estimate of drug-likeness (QED) is 0.807. The molecular formula is C13H22ClNS. The van der Waals surface area contributed by atoms with Gasteiger partial charge in [0.15, 0.2) is 0 Å². The third kappa shape index (κ3) is 4.08. The highest BCUT2D eigenvalue weighted by molar-refractivity contribution is 7.16. The first-order chi connectivity index (χ1) is 7.54. The first kappa shape index (κ1) is 14.0. The smallest absolute Gasteiger partial charge is 0.0931 e. The molecule has 2 unspecified atom stereocenters. The van der Waals surface area contributed by atoms with Gasteiger partial charge in [-0.2, -0.15) is 0 Å². The van der Waals surface area contributed by atoms with Gasteiger partial charge in [0.2, 0.25) is 0 Å². The molecule has 1 N–H and O–H groups in total. The molecule has 0 saturated carbocycles. The number of rotatable bonds is 6. The Balaban J connectivity index is 2.63. The number of likely N-dealkylation sites (N-methyl/N-ethyl adjacent to an activating group) is 1. The van der Waals surface area contributed by atoms with E-state index in [1.165, 1.54) is 4.88 Å². The van der Waals surface area contributed by atoms with Crippen LogP contribution in [0.2, 0.25) is 4.34 Å². The summed E-state index contributed by atoms with van der Waals surface area (Å²) in [5, 5.41) is 3.59. The largest absolute Gasteiger partial charge is 0.314 e. The van der Waals surface area contributed by atoms with E-state index in [9.17, 15) is 0 Å². The van der Waals surface area contributed by atoms with Gasteiger partial charge in [-0.1, -0.05) is 39.3 Å². The summed E-state index contributed by atoms with van der Waals surface area (Å²) in [6, 6.07) is 4.69. The minimum absolute atomic E-state index is 0.555. The molecule has 1 rings (SSSR count). The molecule has 0 fully saturated rings. The van der Waals surface area contributed by atoms with Crippen LogP contribution in [0.4, 0.5) is 0 Å². The third-order valence-electron chi connectivity index (χ3n) is 3.20. The lowest BCUT2D eigenvalue weighted by Crippen LogP contribution is -2.38. The lowest BCUT2D eigenvalue weighted by molar-refractivity contribution is 0.301. The average Bonchev–Trinajstić information content (AvgIpc) is 2.62. The summed E-state index contributed by atoms with van der Waals surface area (Å²) in [5.41, 5.74) is 0. The summed E-state index contributed by atoms with van der Waals surface area (Å²) in [6.45, 7) is 10.1. The van der Waals surface area contributed by atoms with E-state index in [0.717, 1.165) is 17.3 Å². The number of halogens is 1. The lowest BCUT2D eigenvalue weighted by atomic mass is 9.88. The van der Waals surface area contributed by atoms with Gasteiger partial charge in [-0.05, 0) is 36.9 Å². The van der Waals surface area contributed by atoms with E-state index in [2.05, 4.69) is 39.1 Å². The maximum Gasteiger partial charge on any atom is 0.0931 e. The van der Waals surface area contributed by atoms with E-state index in [1.807, 2.05) is 6.07 Å². The van der Waals surface area contributed by atoms with Crippen molar-refractivity contribution < 1.29 is 0 Å². The van der Waals surface area contributed by atoms with Crippen LogP contribution >= 0.6 is 22.9 Å². The predicted molar refractivity (Wildman–Crippen MR) is 74.5 cm³/mol. The van der Waals surface area contributed by atoms with Crippen molar-refractivity contribution in [3.8, 4) is 0 Å². The molecule has 0 spiro atoms. The maximum absolute atomic E-state index is 5.96. The second-order valence-corrected chi connectivity index (χ2v) is 6.48. The predicted octanol–water partition coefficient (Wildman–Crippen LogP) is 4.21. The fourth-order valence-electron chi connectivity index (χ4n) is 1.85. The minimum atomic E-state index is 0.555. The highest BCUT2D eigenvalue weighted by atomic mass is 35.5. The topological polar surface area (TPSA) is 12.0 Å². The summed E-state index contributed by atoms with van der Waals surface area (Å²) < 4.78 is 0.891. The Morgan fingerprint density at radius 3 is 2.44 bits per heavy atom. The van der Waals surface area contributed by atoms with Crippen LogP contribution in [0.15, 0.2) is 12.1 Å². The van der Waals surface area contributed by atoms with Crippen LogP contribution in [0, 0.1) is 11.8 Å². The van der Waals surface area contributed by atoms with Crippen LogP contribution in [-0.2, 0) is 6.42 Å². The molecule has 0 aliphatic rings. The summed E-state index contributed by atoms with van der Waals surface area (Å²) >= 11 is 7.66. The fourth-order valence-corrected chi connectivity index (χ4v) is 2.99. The Kier molecular flexibility index (Phi) is 5.81. The highest BCUT2D eigenvalue weighted by Gasteiger charge is 2.20. The van der Waals surface area contributed by atoms with Crippen LogP contribution in [0.25, 0.3) is 0 Å². The zero-order valence-corrected chi connectivity index (χ0v) is 12.2. The molecule has 0 saturated heterocycles. The van der Waals surface area contributed by atoms with Gasteiger partial charge < -0.3 is 5.32 Å². The molecular weight excluding hydrogens is 238 g/mol. The molecule has 1 aromatic rings. The summed E-state index contributed by atoms with van der Waals surface area (Å²) in [6.07, 6.45) is 1.09. The normalized spacial score (nSPS) is 15.4. The van der Waals surface area contributed by atoms with Gasteiger partial charge in [0.25, 0.3) is 0 Å². The molecule has 2 atom stereocenters. The highest BCUT2D eigenvalue weighted by Crippen LogP contribution is 2.25. The summed E-state index contributed by atoms with van der Waals surface area (Å²) in [5.74, 6) is 1.39. The number of hydrogen-bond acceptors (Lipinski definition) is 2. The van der Waals surface area contributed by atoms with E-state index >= 15 is 0 Å². The zero-order chi connectivity index (χ0) is 12.1. The van der Waals surface area contributed by atoms with Crippen molar-refractivity contribution in [1.29, 1.82) is 0 Å². The molecule has 1 heterocycles. The van der Waals surface area contributed by atoms with Gasteiger partial charge in [0.1, 0.15) is 0 Å². The minimum Gasteiger partial charge on any atom is -0.314 e. The van der Waals surface area contributed by atoms with Crippen LogP contribution < -0.4 is 5.32 Å². The number of nitrogens with one attached hydrogen (secondary N) is 1. The van der Waals surface area contributed by atoms with Crippen molar-refractivity contribution in [2.45, 2.75) is 40.2 Å². The molecule has 1 aromatic heterocycles. The van der Waals surface area contributed by atoms with Gasteiger partial charge >= 0.3 is 0 Å². The first-order valence-electron chi connectivity index (χ1n) is 6.02. The van der Waals surface area contributed by atoms with Crippen LogP contribution in [0.1, 0.15) is 32.6 Å². The van der Waals surface area contributed by atoms with Crippen LogP contribution in [0.5, 0.6) is 0 Å². The average molecular weight is 260 g/mol. The molecule has 0 amide bonds. The molecule has 0 aliphatic carbocycles. The Labute approximate surface area is 108 Å². The fraction of sp³-hybridized carbons (Fsp3) is 0.692. The van der Waals surface area contributed by atoms with E-state index in [1.54, 1.807) is 11.3 Å². The van der Waals surface area contributed by atoms with E-state index in [4.69, 9.17) is 11.6 Å². The van der Waals surface area contributed by atoms with Gasteiger partial charge in [-0.15, -0.1) is 11.3 Å². The van der Waals surface area contributed by atoms with Crippen molar-refractivity contribution in [3.63, 3.8) is 0 Å². The Morgan fingerprint density at radius 1 is 1.31 bits per heavy atom. The molecule has 0 aromatic carbocycles. The second kappa shape index (κ2) is 6.63. The van der Waals surface area contributed by atoms with Gasteiger partial charge in [-0.25, -0.2) is 0 Å². The van der Waals surface area contributed by atoms with E-state index in [-0.39, 0.29) is 0 Å². The molecule has 0 bridgehead atoms. The van der Waals surface area contributed by atoms with Crippen molar-refractivity contribution in [1.82, 2.24) is 5.32 Å². The number of hydrogen-bond donors (Lipinski definition) is 1. The van der Waals surface area contributed by atoms with Crippen molar-refractivity contribution in [2.24, 2.45) is 11.8 Å². The van der Waals surface area contributed by atoms with Crippen molar-refractivity contribution in [2.75, 3.05) is 6.54 Å². The van der Waals surface area contributed by atoms with Crippen LogP contribution in [-0.4, -0.2) is 12.6 Å². The molecule has 0 radical (unpaired) electrons. The number of thiophene rings is 1. The monoisotopic (exact) mass is 259 g/mol. The first-order valence-corrected chi connectivity index (χ1v) is 7.21. The van der Waals surface area contributed by atoms with Gasteiger partial charge in [0, 0.05) is 10.9 Å². The Bertz CT molecular complexity index is 309. The van der Waals surface area contributed by atoms with E-state index < -0.39 is 0 Å². The standard InChI is InChI=1S/C13H22ClNS/c1-5-15-12(10(4)9(2)3)8-11-6-7-13(14)16-11/h6-7,9-10,12,15H,5,8H2,1-4H3. The zero-order valence-electron chi connectivity index (χ0n) is 10.6. The summed E-state index contributed by atoms with van der Waals surface area (Å²) in [4.78, 5) is 1.38. The van der Waals surface area contributed by atoms with Crippen LogP contribution in [0.3, 0.4) is 0 Å². The van der Waals surface area contributed by atoms with Gasteiger partial charge in [-0.3, -0.25) is 0 Å². The Hall–Kier alpha value is -0.0500. The molecule has 92 valence electrons.